The summed E-state index contributed by atoms with van der Waals surface area (Å²) in [6, 6.07) is 2.74. The van der Waals surface area contributed by atoms with E-state index in [0.717, 1.165) is 37.9 Å². The van der Waals surface area contributed by atoms with Crippen LogP contribution in [0, 0.1) is 11.8 Å². The zero-order chi connectivity index (χ0) is 15.2. The Bertz CT molecular complexity index is 498. The van der Waals surface area contributed by atoms with Crippen LogP contribution in [0.1, 0.15) is 37.2 Å². The van der Waals surface area contributed by atoms with E-state index in [1.54, 1.807) is 0 Å². The maximum atomic E-state index is 11.8. The second-order valence-electron chi connectivity index (χ2n) is 6.12. The summed E-state index contributed by atoms with van der Waals surface area (Å²) in [6.45, 7) is 8.53. The monoisotopic (exact) mass is 292 g/mol. The first-order valence-corrected chi connectivity index (χ1v) is 7.61. The highest BCUT2D eigenvalue weighted by Crippen LogP contribution is 2.20. The minimum absolute atomic E-state index is 0.244. The molecule has 2 N–H and O–H groups in total. The highest BCUT2D eigenvalue weighted by Gasteiger charge is 2.21. The number of nitrogens with zero attached hydrogens (tertiary/aromatic N) is 2. The van der Waals surface area contributed by atoms with E-state index in [-0.39, 0.29) is 17.2 Å². The van der Waals surface area contributed by atoms with Crippen molar-refractivity contribution in [2.75, 3.05) is 26.2 Å². The molecule has 0 saturated carbocycles. The molecule has 1 saturated heterocycles. The molecular formula is C15H24N4O2. The maximum absolute atomic E-state index is 11.8. The predicted octanol–water partition coefficient (Wildman–Crippen LogP) is 0.868. The van der Waals surface area contributed by atoms with Crippen LogP contribution >= 0.6 is 0 Å². The molecule has 1 amide bonds. The third kappa shape index (κ3) is 4.97. The fraction of sp³-hybridized carbons (Fsp3) is 0.667. The van der Waals surface area contributed by atoms with Gasteiger partial charge in [0.25, 0.3) is 11.5 Å². The normalized spacial score (nSPS) is 23.0. The summed E-state index contributed by atoms with van der Waals surface area (Å²) in [7, 11) is 0. The van der Waals surface area contributed by atoms with Crippen LogP contribution in [-0.2, 0) is 0 Å². The van der Waals surface area contributed by atoms with E-state index in [2.05, 4.69) is 34.3 Å². The number of carbonyl (C=O) groups excluding carboxylic acids is 1. The van der Waals surface area contributed by atoms with Gasteiger partial charge in [0.2, 0.25) is 0 Å². The number of piperidine rings is 1. The Morgan fingerprint density at radius 1 is 1.38 bits per heavy atom. The average molecular weight is 292 g/mol. The average Bonchev–Trinajstić information content (AvgIpc) is 2.43. The molecule has 2 atom stereocenters. The van der Waals surface area contributed by atoms with Crippen molar-refractivity contribution in [3.05, 3.63) is 28.2 Å². The van der Waals surface area contributed by atoms with Crippen LogP contribution in [0.25, 0.3) is 0 Å². The number of amides is 1. The predicted molar refractivity (Wildman–Crippen MR) is 81.2 cm³/mol. The van der Waals surface area contributed by atoms with Gasteiger partial charge in [-0.1, -0.05) is 13.8 Å². The number of hydrogen-bond acceptors (Lipinski definition) is 4. The summed E-state index contributed by atoms with van der Waals surface area (Å²) in [4.78, 5) is 25.2. The second kappa shape index (κ2) is 7.36. The molecule has 0 bridgehead atoms. The van der Waals surface area contributed by atoms with Gasteiger partial charge >= 0.3 is 0 Å². The first kappa shape index (κ1) is 15.7. The van der Waals surface area contributed by atoms with E-state index in [4.69, 9.17) is 0 Å². The minimum Gasteiger partial charge on any atom is -0.351 e. The third-order valence-electron chi connectivity index (χ3n) is 3.79. The summed E-state index contributed by atoms with van der Waals surface area (Å²) < 4.78 is 0. The molecule has 2 heterocycles. The van der Waals surface area contributed by atoms with E-state index < -0.39 is 0 Å². The topological polar surface area (TPSA) is 78.1 Å². The maximum Gasteiger partial charge on any atom is 0.271 e. The van der Waals surface area contributed by atoms with Gasteiger partial charge in [0.15, 0.2) is 0 Å². The van der Waals surface area contributed by atoms with Gasteiger partial charge in [-0.25, -0.2) is 5.10 Å². The third-order valence-corrected chi connectivity index (χ3v) is 3.79. The Labute approximate surface area is 124 Å². The molecule has 1 aromatic heterocycles. The Morgan fingerprint density at radius 2 is 2.10 bits per heavy atom. The van der Waals surface area contributed by atoms with Gasteiger partial charge in [-0.15, -0.1) is 0 Å². The first-order valence-electron chi connectivity index (χ1n) is 7.61. The SMILES string of the molecule is C[C@H]1C[C@H](C)CN(CCCNC(=O)c2ccc(=O)[nH]n2)C1. The number of aromatic nitrogens is 2. The Kier molecular flexibility index (Phi) is 5.50. The summed E-state index contributed by atoms with van der Waals surface area (Å²) in [5, 5.41) is 8.79. The lowest BCUT2D eigenvalue weighted by molar-refractivity contribution is 0.0941. The largest absolute Gasteiger partial charge is 0.351 e. The lowest BCUT2D eigenvalue weighted by atomic mass is 9.92. The lowest BCUT2D eigenvalue weighted by Crippen LogP contribution is -2.40. The van der Waals surface area contributed by atoms with Crippen molar-refractivity contribution in [3.63, 3.8) is 0 Å². The van der Waals surface area contributed by atoms with E-state index >= 15 is 0 Å². The smallest absolute Gasteiger partial charge is 0.271 e. The van der Waals surface area contributed by atoms with Crippen LogP contribution in [-0.4, -0.2) is 47.2 Å². The highest BCUT2D eigenvalue weighted by molar-refractivity contribution is 5.91. The molecule has 6 nitrogen and oxygen atoms in total. The number of hydrogen-bond donors (Lipinski definition) is 2. The standard InChI is InChI=1S/C15H24N4O2/c1-11-8-12(2)10-19(9-11)7-3-6-16-15(21)13-4-5-14(20)18-17-13/h4-5,11-12H,3,6-10H2,1-2H3,(H,16,21)(H,18,20)/t11-,12-/m0/s1. The van der Waals surface area contributed by atoms with Crippen LogP contribution in [0.2, 0.25) is 0 Å². The van der Waals surface area contributed by atoms with Gasteiger partial charge in [0.1, 0.15) is 5.69 Å². The van der Waals surface area contributed by atoms with Crippen LogP contribution in [0.3, 0.4) is 0 Å². The summed E-state index contributed by atoms with van der Waals surface area (Å²) >= 11 is 0. The molecule has 0 spiro atoms. The van der Waals surface area contributed by atoms with Gasteiger partial charge in [0, 0.05) is 25.7 Å². The fourth-order valence-electron chi connectivity index (χ4n) is 3.04. The molecule has 0 aliphatic carbocycles. The number of nitrogens with one attached hydrogen (secondary N) is 2. The summed E-state index contributed by atoms with van der Waals surface area (Å²) in [5.74, 6) is 1.27. The molecular weight excluding hydrogens is 268 g/mol. The zero-order valence-corrected chi connectivity index (χ0v) is 12.8. The van der Waals surface area contributed by atoms with Crippen molar-refractivity contribution in [2.24, 2.45) is 11.8 Å². The quantitative estimate of drug-likeness (QED) is 0.789. The lowest BCUT2D eigenvalue weighted by Gasteiger charge is -2.34. The molecule has 0 unspecified atom stereocenters. The number of carbonyl (C=O) groups is 1. The fourth-order valence-corrected chi connectivity index (χ4v) is 3.04. The first-order chi connectivity index (χ1) is 10.0. The highest BCUT2D eigenvalue weighted by atomic mass is 16.2. The van der Waals surface area contributed by atoms with Gasteiger partial charge in [-0.3, -0.25) is 9.59 Å². The van der Waals surface area contributed by atoms with Gasteiger partial charge in [-0.2, -0.15) is 5.10 Å². The van der Waals surface area contributed by atoms with Crippen molar-refractivity contribution in [1.29, 1.82) is 0 Å². The number of H-pyrrole nitrogens is 1. The van der Waals surface area contributed by atoms with Crippen LogP contribution in [0.5, 0.6) is 0 Å². The molecule has 1 aliphatic rings. The number of aromatic amines is 1. The van der Waals surface area contributed by atoms with Crippen LogP contribution in [0.15, 0.2) is 16.9 Å². The van der Waals surface area contributed by atoms with Gasteiger partial charge < -0.3 is 10.2 Å². The van der Waals surface area contributed by atoms with E-state index in [0.29, 0.717) is 6.54 Å². The molecule has 6 heteroatoms. The van der Waals surface area contributed by atoms with Crippen molar-refractivity contribution in [2.45, 2.75) is 26.7 Å². The van der Waals surface area contributed by atoms with E-state index in [1.807, 2.05) is 0 Å². The molecule has 116 valence electrons. The van der Waals surface area contributed by atoms with Crippen molar-refractivity contribution < 1.29 is 4.79 Å². The number of rotatable bonds is 5. The van der Waals surface area contributed by atoms with Crippen LogP contribution in [0.4, 0.5) is 0 Å². The Hall–Kier alpha value is -1.69. The van der Waals surface area contributed by atoms with Crippen LogP contribution < -0.4 is 10.9 Å². The van der Waals surface area contributed by atoms with Gasteiger partial charge in [-0.05, 0) is 37.3 Å². The molecule has 0 radical (unpaired) electrons. The Morgan fingerprint density at radius 3 is 2.71 bits per heavy atom. The molecule has 1 aliphatic heterocycles. The van der Waals surface area contributed by atoms with E-state index in [9.17, 15) is 9.59 Å². The van der Waals surface area contributed by atoms with Crippen molar-refractivity contribution in [1.82, 2.24) is 20.4 Å². The second-order valence-corrected chi connectivity index (χ2v) is 6.12. The Balaban J connectivity index is 1.68. The molecule has 21 heavy (non-hydrogen) atoms. The number of likely N-dealkylation sites (tertiary alicyclic amines) is 1. The summed E-state index contributed by atoms with van der Waals surface area (Å²) in [5.41, 5.74) is -0.0605. The zero-order valence-electron chi connectivity index (χ0n) is 12.8. The van der Waals surface area contributed by atoms with Crippen molar-refractivity contribution in [3.8, 4) is 0 Å². The molecule has 1 aromatic rings. The van der Waals surface area contributed by atoms with E-state index in [1.165, 1.54) is 18.6 Å². The molecule has 1 fully saturated rings. The molecule has 0 aromatic carbocycles. The van der Waals surface area contributed by atoms with Crippen molar-refractivity contribution >= 4 is 5.91 Å². The summed E-state index contributed by atoms with van der Waals surface area (Å²) in [6.07, 6.45) is 2.24. The van der Waals surface area contributed by atoms with Gasteiger partial charge in [0.05, 0.1) is 0 Å². The minimum atomic E-state index is -0.306. The molecule has 2 rings (SSSR count).